The monoisotopic (exact) mass is 1530 g/mol. The van der Waals surface area contributed by atoms with Gasteiger partial charge in [0.05, 0.1) is 70.8 Å². The molecule has 0 amide bonds. The van der Waals surface area contributed by atoms with E-state index in [-0.39, 0.29) is 70.7 Å². The van der Waals surface area contributed by atoms with Crippen molar-refractivity contribution in [2.45, 2.75) is 118 Å². The van der Waals surface area contributed by atoms with E-state index in [4.69, 9.17) is 4.74 Å². The third kappa shape index (κ3) is 38.0. The number of carbonyl (C=O) groups is 5. The minimum absolute atomic E-state index is 0. The van der Waals surface area contributed by atoms with E-state index >= 15 is 0 Å². The second-order valence-corrected chi connectivity index (χ2v) is 31.0. The van der Waals surface area contributed by atoms with Crippen LogP contribution in [0.2, 0.25) is 0 Å². The van der Waals surface area contributed by atoms with Crippen molar-refractivity contribution in [3.8, 4) is 0 Å². The number of halogens is 2. The number of ether oxygens (including phenoxy) is 5. The van der Waals surface area contributed by atoms with E-state index in [2.05, 4.69) is 312 Å². The van der Waals surface area contributed by atoms with Gasteiger partial charge in [-0.3, -0.25) is 4.79 Å². The first-order valence-electron chi connectivity index (χ1n) is 31.8. The van der Waals surface area contributed by atoms with E-state index in [0.717, 1.165) is 0 Å². The molecule has 0 aliphatic heterocycles. The molecule has 0 spiro atoms. The molecule has 0 aliphatic carbocycles. The predicted molar refractivity (Wildman–Crippen MR) is 411 cm³/mol. The fourth-order valence-corrected chi connectivity index (χ4v) is 15.0. The van der Waals surface area contributed by atoms with E-state index in [1.54, 1.807) is 6.92 Å². The van der Waals surface area contributed by atoms with Crippen molar-refractivity contribution in [2.24, 2.45) is 0 Å². The van der Waals surface area contributed by atoms with Gasteiger partial charge in [-0.25, -0.2) is 44.8 Å². The lowest BCUT2D eigenvalue weighted by Gasteiger charge is -2.15. The van der Waals surface area contributed by atoms with Crippen LogP contribution < -0.4 is 0 Å². The van der Waals surface area contributed by atoms with Crippen molar-refractivity contribution in [3.05, 3.63) is 309 Å². The van der Waals surface area contributed by atoms with Gasteiger partial charge < -0.3 is 32.8 Å². The molecule has 105 heavy (non-hydrogen) atoms. The standard InChI is InChI=1S/3C18H15S.C11H18O7S.C9H12F2O4.C6H10O5S.2CH4/c3*1-4-10-16(11-5-1)19(17-12-6-2-7-13-17)18-14-8-3-9-15-18;1-4-9(18-11(13)8(2)3)7-10(12)17-5-6-19(14,15)16;1-6(2)8(13)14-4-7(12)15-5-9(3,10)11;1-5(2)6(7)11-3-4-12(8,9)10;;/h3*1-15H;9H,2,4-7H2,1,3H3,(H,14,15,16);1,4-5H2,2-3H3;1,3-4H2,2H3,(H,8,9,10);2*1H4/q3*+1;;;;;/p-2. The Balaban J connectivity index is 0.000000430. The fourth-order valence-electron chi connectivity index (χ4n) is 8.11. The molecule has 0 aliphatic rings. The molecule has 0 aromatic heterocycles. The summed E-state index contributed by atoms with van der Waals surface area (Å²) in [7, 11) is -8.75. The molecule has 23 heteroatoms. The highest BCUT2D eigenvalue weighted by atomic mass is 32.2. The smallest absolute Gasteiger partial charge is 0.344 e. The summed E-state index contributed by atoms with van der Waals surface area (Å²) in [5, 5.41) is 0. The fraction of sp³-hybridized carbons (Fsp3) is 0.207. The van der Waals surface area contributed by atoms with Gasteiger partial charge in [-0.05, 0) is 136 Å². The molecule has 558 valence electrons. The molecular formula is C82H91F2O16S5+. The molecule has 9 aromatic carbocycles. The molecule has 0 N–H and O–H groups in total. The number of carbonyl (C=O) groups excluding carboxylic acids is 5. The molecule has 0 radical (unpaired) electrons. The van der Waals surface area contributed by atoms with Gasteiger partial charge in [0.2, 0.25) is 0 Å². The Morgan fingerprint density at radius 2 is 0.619 bits per heavy atom. The molecule has 1 unspecified atom stereocenters. The van der Waals surface area contributed by atoms with E-state index in [9.17, 15) is 58.7 Å². The first-order chi connectivity index (χ1) is 49.0. The van der Waals surface area contributed by atoms with Crippen molar-refractivity contribution in [1.82, 2.24) is 0 Å². The minimum Gasteiger partial charge on any atom is -0.748 e. The number of rotatable bonds is 26. The summed E-state index contributed by atoms with van der Waals surface area (Å²) in [6.07, 6.45) is -0.469. The molecule has 0 saturated heterocycles. The maximum absolute atomic E-state index is 12.2. The van der Waals surface area contributed by atoms with Crippen molar-refractivity contribution in [1.29, 1.82) is 0 Å². The van der Waals surface area contributed by atoms with Gasteiger partial charge in [-0.15, -0.1) is 0 Å². The summed E-state index contributed by atoms with van der Waals surface area (Å²) in [6.45, 7) is 13.9. The van der Waals surface area contributed by atoms with E-state index in [1.165, 1.54) is 64.8 Å². The summed E-state index contributed by atoms with van der Waals surface area (Å²) in [4.78, 5) is 66.9. The maximum Gasteiger partial charge on any atom is 0.344 e. The van der Waals surface area contributed by atoms with Crippen LogP contribution in [0.15, 0.2) is 354 Å². The summed E-state index contributed by atoms with van der Waals surface area (Å²) in [5.74, 6) is -8.40. The van der Waals surface area contributed by atoms with Gasteiger partial charge >= 0.3 is 29.8 Å². The van der Waals surface area contributed by atoms with Crippen molar-refractivity contribution in [2.75, 3.05) is 37.9 Å². The Kier molecular flexibility index (Phi) is 42.7. The second-order valence-electron chi connectivity index (χ2n) is 21.9. The van der Waals surface area contributed by atoms with Crippen LogP contribution in [-0.2, 0) is 101 Å². The summed E-state index contributed by atoms with van der Waals surface area (Å²) >= 11 is 0. The number of benzene rings is 9. The third-order valence-electron chi connectivity index (χ3n) is 12.9. The Morgan fingerprint density at radius 3 is 0.829 bits per heavy atom. The molecule has 9 aromatic rings. The first-order valence-corrected chi connectivity index (χ1v) is 38.6. The molecule has 0 saturated carbocycles. The lowest BCUT2D eigenvalue weighted by atomic mass is 10.2. The van der Waals surface area contributed by atoms with Crippen LogP contribution in [0.25, 0.3) is 0 Å². The Hall–Kier alpha value is -9.72. The highest BCUT2D eigenvalue weighted by Gasteiger charge is 2.31. The molecule has 1 atom stereocenters. The van der Waals surface area contributed by atoms with Gasteiger partial charge in [0, 0.05) is 23.6 Å². The van der Waals surface area contributed by atoms with Gasteiger partial charge in [-0.1, -0.05) is 205 Å². The zero-order valence-electron chi connectivity index (χ0n) is 57.7. The van der Waals surface area contributed by atoms with Gasteiger partial charge in [0.1, 0.15) is 19.3 Å². The lowest BCUT2D eigenvalue weighted by molar-refractivity contribution is -0.163. The van der Waals surface area contributed by atoms with Crippen molar-refractivity contribution >= 4 is 82.8 Å². The van der Waals surface area contributed by atoms with E-state index in [1.807, 2.05) is 0 Å². The SMILES string of the molecule is C.C.C=C(C)C(=O)OC(CC)CC(=O)OCCS(=O)(=O)[O-].C=C(C)C(=O)OCC(=O)OCC(C)(F)F.C=C(C)C(=O)OCCS(=O)(=O)[O-].c1ccc([S+](c2ccccc2)c2ccccc2)cc1.c1ccc([S+](c2ccccc2)c2ccccc2)cc1.c1ccc([S+](c2ccccc2)c2ccccc2)cc1. The zero-order valence-corrected chi connectivity index (χ0v) is 61.7. The summed E-state index contributed by atoms with van der Waals surface area (Å²) in [6, 6.07) is 96.5. The highest BCUT2D eigenvalue weighted by Crippen LogP contribution is 2.33. The number of alkyl halides is 2. The number of hydrogen-bond donors (Lipinski definition) is 0. The average molecular weight is 1530 g/mol. The quantitative estimate of drug-likeness (QED) is 0.0161. The Morgan fingerprint density at radius 1 is 0.390 bits per heavy atom. The van der Waals surface area contributed by atoms with Crippen LogP contribution in [0.1, 0.15) is 62.3 Å². The largest absolute Gasteiger partial charge is 0.748 e. The molecular weight excluding hydrogens is 1440 g/mol. The van der Waals surface area contributed by atoms with E-state index in [0.29, 0.717) is 13.3 Å². The molecule has 16 nitrogen and oxygen atoms in total. The normalized spacial score (nSPS) is 10.8. The van der Waals surface area contributed by atoms with Crippen LogP contribution in [0.3, 0.4) is 0 Å². The van der Waals surface area contributed by atoms with Crippen LogP contribution in [0, 0.1) is 0 Å². The molecule has 0 fully saturated rings. The molecule has 0 bridgehead atoms. The first kappa shape index (κ1) is 91.4. The number of esters is 5. The summed E-state index contributed by atoms with van der Waals surface area (Å²) in [5.41, 5.74) is 0.492. The minimum atomic E-state index is -4.41. The summed E-state index contributed by atoms with van der Waals surface area (Å²) < 4.78 is 108. The van der Waals surface area contributed by atoms with Crippen molar-refractivity contribution < 1.29 is 82.4 Å². The third-order valence-corrected chi connectivity index (χ3v) is 21.0. The van der Waals surface area contributed by atoms with Crippen LogP contribution >= 0.6 is 0 Å². The zero-order chi connectivity index (χ0) is 75.6. The maximum atomic E-state index is 12.2. The molecule has 9 rings (SSSR count). The van der Waals surface area contributed by atoms with Gasteiger partial charge in [0.15, 0.2) is 57.3 Å². The van der Waals surface area contributed by atoms with Gasteiger partial charge in [0.25, 0.3) is 5.92 Å². The van der Waals surface area contributed by atoms with Crippen LogP contribution in [-0.4, -0.2) is 106 Å². The number of hydrogen-bond acceptors (Lipinski definition) is 16. The Labute approximate surface area is 626 Å². The van der Waals surface area contributed by atoms with Gasteiger partial charge in [-0.2, -0.15) is 0 Å². The Bertz CT molecular complexity index is 3700. The van der Waals surface area contributed by atoms with E-state index < -0.39 is 100 Å². The van der Waals surface area contributed by atoms with Crippen molar-refractivity contribution in [3.63, 3.8) is 0 Å². The highest BCUT2D eigenvalue weighted by molar-refractivity contribution is 7.97. The predicted octanol–water partition coefficient (Wildman–Crippen LogP) is 16.9. The second kappa shape index (κ2) is 49.1. The van der Waals surface area contributed by atoms with Crippen LogP contribution in [0.5, 0.6) is 0 Å². The lowest BCUT2D eigenvalue weighted by Crippen LogP contribution is -2.24. The molecule has 0 heterocycles. The van der Waals surface area contributed by atoms with Crippen LogP contribution in [0.4, 0.5) is 8.78 Å². The topological polar surface area (TPSA) is 246 Å². The average Bonchev–Trinajstić information content (AvgIpc) is 0.833.